The summed E-state index contributed by atoms with van der Waals surface area (Å²) >= 11 is 0. The normalized spacial score (nSPS) is 12.7. The van der Waals surface area contributed by atoms with Crippen molar-refractivity contribution in [3.63, 3.8) is 0 Å². The molecule has 1 atom stereocenters. The van der Waals surface area contributed by atoms with Crippen molar-refractivity contribution in [2.75, 3.05) is 13.2 Å². The first kappa shape index (κ1) is 22.8. The van der Waals surface area contributed by atoms with Gasteiger partial charge in [0.25, 0.3) is 0 Å². The molecule has 0 aromatic heterocycles. The fourth-order valence-electron chi connectivity index (χ4n) is 4.22. The van der Waals surface area contributed by atoms with Crippen molar-refractivity contribution in [1.82, 2.24) is 0 Å². The number of hydrogen-bond donors (Lipinski definition) is 1. The number of carboxylic acids is 1. The van der Waals surface area contributed by atoms with Gasteiger partial charge in [0.2, 0.25) is 0 Å². The number of rotatable bonds is 11. The summed E-state index contributed by atoms with van der Waals surface area (Å²) in [4.78, 5) is 11.5. The van der Waals surface area contributed by atoms with E-state index in [0.29, 0.717) is 19.6 Å². The van der Waals surface area contributed by atoms with E-state index >= 15 is 0 Å². The highest BCUT2D eigenvalue weighted by Gasteiger charge is 2.22. The zero-order valence-electron chi connectivity index (χ0n) is 19.0. The molecule has 0 heterocycles. The Labute approximate surface area is 195 Å². The third-order valence-electron chi connectivity index (χ3n) is 5.95. The zero-order chi connectivity index (χ0) is 23.0. The molecule has 0 radical (unpaired) electrons. The van der Waals surface area contributed by atoms with Gasteiger partial charge in [0, 0.05) is 13.0 Å². The van der Waals surface area contributed by atoms with E-state index in [-0.39, 0.29) is 0 Å². The van der Waals surface area contributed by atoms with Crippen LogP contribution in [-0.4, -0.2) is 30.4 Å². The van der Waals surface area contributed by atoms with Crippen molar-refractivity contribution in [3.8, 4) is 16.9 Å². The molecule has 4 heteroatoms. The highest BCUT2D eigenvalue weighted by molar-refractivity contribution is 6.01. The molecule has 0 fully saturated rings. The number of ether oxygens (including phenoxy) is 2. The van der Waals surface area contributed by atoms with Crippen LogP contribution >= 0.6 is 0 Å². The molecule has 0 spiro atoms. The van der Waals surface area contributed by atoms with Gasteiger partial charge in [0.15, 0.2) is 6.10 Å². The predicted molar refractivity (Wildman–Crippen MR) is 131 cm³/mol. The maximum absolute atomic E-state index is 11.5. The van der Waals surface area contributed by atoms with Crippen LogP contribution in [0.15, 0.2) is 78.9 Å². The van der Waals surface area contributed by atoms with Crippen molar-refractivity contribution in [2.45, 2.75) is 38.7 Å². The number of carboxylic acid groups (broad SMARTS) is 1. The highest BCUT2D eigenvalue weighted by atomic mass is 16.5. The van der Waals surface area contributed by atoms with E-state index < -0.39 is 12.1 Å². The molecule has 0 bridgehead atoms. The molecule has 0 amide bonds. The lowest BCUT2D eigenvalue weighted by molar-refractivity contribution is -0.150. The summed E-state index contributed by atoms with van der Waals surface area (Å²) in [6.45, 7) is 3.04. The lowest BCUT2D eigenvalue weighted by Gasteiger charge is -2.14. The molecule has 4 nitrogen and oxygen atoms in total. The van der Waals surface area contributed by atoms with Gasteiger partial charge in [-0.15, -0.1) is 0 Å². The SMILES string of the molecule is CCCCCOC(Cc1ccc(OCC=C2c3ccccc3-c3ccccc32)cc1)C(=O)O. The predicted octanol–water partition coefficient (Wildman–Crippen LogP) is 6.38. The Bertz CT molecular complexity index is 1070. The Kier molecular flexibility index (Phi) is 7.59. The van der Waals surface area contributed by atoms with Gasteiger partial charge < -0.3 is 14.6 Å². The van der Waals surface area contributed by atoms with E-state index in [1.807, 2.05) is 24.3 Å². The van der Waals surface area contributed by atoms with Gasteiger partial charge in [-0.2, -0.15) is 0 Å². The second-order valence-corrected chi connectivity index (χ2v) is 8.27. The van der Waals surface area contributed by atoms with E-state index in [4.69, 9.17) is 9.47 Å². The van der Waals surface area contributed by atoms with Crippen LogP contribution in [0.4, 0.5) is 0 Å². The second-order valence-electron chi connectivity index (χ2n) is 8.27. The molecule has 0 saturated heterocycles. The quantitative estimate of drug-likeness (QED) is 0.274. The van der Waals surface area contributed by atoms with Crippen LogP contribution in [0.2, 0.25) is 0 Å². The molecule has 1 aliphatic rings. The Hall–Kier alpha value is -3.37. The van der Waals surface area contributed by atoms with Gasteiger partial charge in [0.1, 0.15) is 12.4 Å². The minimum absolute atomic E-state index is 0.347. The van der Waals surface area contributed by atoms with Crippen molar-refractivity contribution < 1.29 is 19.4 Å². The van der Waals surface area contributed by atoms with Crippen LogP contribution in [0.1, 0.15) is 42.9 Å². The van der Waals surface area contributed by atoms with Crippen LogP contribution in [0.5, 0.6) is 5.75 Å². The molecule has 0 aliphatic heterocycles. The molecule has 170 valence electrons. The van der Waals surface area contributed by atoms with Crippen LogP contribution in [0.25, 0.3) is 16.7 Å². The Morgan fingerprint density at radius 2 is 1.48 bits per heavy atom. The molecule has 1 unspecified atom stereocenters. The number of hydrogen-bond acceptors (Lipinski definition) is 3. The summed E-state index contributed by atoms with van der Waals surface area (Å²) in [6, 6.07) is 24.5. The van der Waals surface area contributed by atoms with Crippen molar-refractivity contribution in [2.24, 2.45) is 0 Å². The second kappa shape index (κ2) is 11.0. The molecule has 1 aliphatic carbocycles. The van der Waals surface area contributed by atoms with Gasteiger partial charge >= 0.3 is 5.97 Å². The lowest BCUT2D eigenvalue weighted by Crippen LogP contribution is -2.26. The van der Waals surface area contributed by atoms with Gasteiger partial charge in [-0.3, -0.25) is 0 Å². The number of carbonyl (C=O) groups is 1. The average molecular weight is 443 g/mol. The van der Waals surface area contributed by atoms with Crippen molar-refractivity contribution in [1.29, 1.82) is 0 Å². The third kappa shape index (κ3) is 5.52. The first-order chi connectivity index (χ1) is 16.2. The zero-order valence-corrected chi connectivity index (χ0v) is 19.0. The fraction of sp³-hybridized carbons (Fsp3) is 0.276. The number of fused-ring (bicyclic) bond motifs is 3. The summed E-state index contributed by atoms with van der Waals surface area (Å²) in [7, 11) is 0. The number of benzene rings is 3. The number of aliphatic carboxylic acids is 1. The minimum atomic E-state index is -0.921. The van der Waals surface area contributed by atoms with Crippen LogP contribution in [0.3, 0.4) is 0 Å². The summed E-state index contributed by atoms with van der Waals surface area (Å²) < 4.78 is 11.6. The van der Waals surface area contributed by atoms with E-state index in [2.05, 4.69) is 61.5 Å². The van der Waals surface area contributed by atoms with Crippen LogP contribution in [0, 0.1) is 0 Å². The fourth-order valence-corrected chi connectivity index (χ4v) is 4.22. The summed E-state index contributed by atoms with van der Waals surface area (Å²) in [5.41, 5.74) is 7.10. The van der Waals surface area contributed by atoms with Gasteiger partial charge in [-0.1, -0.05) is 80.4 Å². The van der Waals surface area contributed by atoms with Gasteiger partial charge in [0.05, 0.1) is 0 Å². The molecule has 4 rings (SSSR count). The van der Waals surface area contributed by atoms with Gasteiger partial charge in [-0.05, 0) is 58.0 Å². The summed E-state index contributed by atoms with van der Waals surface area (Å²) in [5, 5.41) is 9.45. The Balaban J connectivity index is 1.37. The van der Waals surface area contributed by atoms with Crippen molar-refractivity contribution >= 4 is 11.5 Å². The summed E-state index contributed by atoms with van der Waals surface area (Å²) in [6.07, 6.45) is 4.67. The van der Waals surface area contributed by atoms with E-state index in [9.17, 15) is 9.90 Å². The van der Waals surface area contributed by atoms with Crippen molar-refractivity contribution in [3.05, 3.63) is 95.6 Å². The monoisotopic (exact) mass is 442 g/mol. The van der Waals surface area contributed by atoms with E-state index in [0.717, 1.165) is 30.6 Å². The number of unbranched alkanes of at least 4 members (excludes halogenated alkanes) is 2. The molecule has 3 aromatic carbocycles. The smallest absolute Gasteiger partial charge is 0.333 e. The molecular formula is C29H30O4. The first-order valence-electron chi connectivity index (χ1n) is 11.6. The van der Waals surface area contributed by atoms with Crippen LogP contribution < -0.4 is 4.74 Å². The Morgan fingerprint density at radius 1 is 0.879 bits per heavy atom. The lowest BCUT2D eigenvalue weighted by atomic mass is 10.0. The third-order valence-corrected chi connectivity index (χ3v) is 5.95. The summed E-state index contributed by atoms with van der Waals surface area (Å²) in [5.74, 6) is -0.165. The molecule has 1 N–H and O–H groups in total. The minimum Gasteiger partial charge on any atom is -0.490 e. The molecular weight excluding hydrogens is 412 g/mol. The van der Waals surface area contributed by atoms with Crippen LogP contribution in [-0.2, 0) is 16.0 Å². The standard InChI is InChI=1S/C29H30O4/c1-2-3-8-18-33-28(29(30)31)20-21-13-15-22(16-14-21)32-19-17-27-25-11-6-4-9-23(25)24-10-5-7-12-26(24)27/h4-7,9-17,28H,2-3,8,18-20H2,1H3,(H,30,31). The maximum atomic E-state index is 11.5. The molecule has 33 heavy (non-hydrogen) atoms. The topological polar surface area (TPSA) is 55.8 Å². The molecule has 3 aromatic rings. The average Bonchev–Trinajstić information content (AvgIpc) is 3.16. The van der Waals surface area contributed by atoms with Gasteiger partial charge in [-0.25, -0.2) is 4.79 Å². The highest BCUT2D eigenvalue weighted by Crippen LogP contribution is 2.43. The maximum Gasteiger partial charge on any atom is 0.333 e. The Morgan fingerprint density at radius 3 is 2.06 bits per heavy atom. The molecule has 0 saturated carbocycles. The van der Waals surface area contributed by atoms with E-state index in [1.165, 1.54) is 27.8 Å². The first-order valence-corrected chi connectivity index (χ1v) is 11.6. The van der Waals surface area contributed by atoms with E-state index in [1.54, 1.807) is 0 Å². The largest absolute Gasteiger partial charge is 0.490 e.